The number of esters is 3. The summed E-state index contributed by atoms with van der Waals surface area (Å²) in [7, 11) is 3.50. The highest BCUT2D eigenvalue weighted by atomic mass is 16.7. The summed E-state index contributed by atoms with van der Waals surface area (Å²) in [4.78, 5) is 66.3. The molecule has 0 saturated carbocycles. The molecular formula is C45H73NO15. The second-order valence-corrected chi connectivity index (χ2v) is 18.1. The molecule has 3 heterocycles. The second-order valence-electron chi connectivity index (χ2n) is 18.1. The van der Waals surface area contributed by atoms with Gasteiger partial charge in [-0.3, -0.25) is 19.2 Å². The van der Waals surface area contributed by atoms with Crippen LogP contribution >= 0.6 is 0 Å². The van der Waals surface area contributed by atoms with Gasteiger partial charge in [0.2, 0.25) is 0 Å². The number of hydrogen-bond acceptors (Lipinski definition) is 16. The van der Waals surface area contributed by atoms with Crippen molar-refractivity contribution in [3.8, 4) is 0 Å². The van der Waals surface area contributed by atoms with Crippen molar-refractivity contribution < 1.29 is 72.5 Å². The van der Waals surface area contributed by atoms with Crippen molar-refractivity contribution in [2.75, 3.05) is 20.7 Å². The van der Waals surface area contributed by atoms with Crippen molar-refractivity contribution in [3.63, 3.8) is 0 Å². The number of carbonyl (C=O) groups excluding carboxylic acids is 5. The number of aldehydes is 1. The van der Waals surface area contributed by atoms with Crippen LogP contribution in [0.2, 0.25) is 0 Å². The lowest BCUT2D eigenvalue weighted by molar-refractivity contribution is -0.342. The number of nitrogens with zero attached hydrogens (tertiary/aromatic N) is 1. The van der Waals surface area contributed by atoms with Gasteiger partial charge in [-0.15, -0.1) is 0 Å². The number of rotatable bonds is 13. The molecule has 2 saturated heterocycles. The van der Waals surface area contributed by atoms with E-state index in [1.54, 1.807) is 72.7 Å². The molecule has 0 aromatic rings. The predicted octanol–water partition coefficient (Wildman–Crippen LogP) is 3.84. The van der Waals surface area contributed by atoms with Gasteiger partial charge in [0.1, 0.15) is 36.3 Å². The molecule has 0 radical (unpaired) electrons. The fraction of sp³-hybridized carbons (Fsp3) is 0.800. The minimum absolute atomic E-state index is 0.0507. The first kappa shape index (κ1) is 52.3. The lowest BCUT2D eigenvalue weighted by Crippen LogP contribution is -2.65. The first-order valence-corrected chi connectivity index (χ1v) is 21.7. The Morgan fingerprint density at radius 3 is 2.26 bits per heavy atom. The molecule has 0 aromatic carbocycles. The summed E-state index contributed by atoms with van der Waals surface area (Å²) in [5.74, 6) is -4.62. The molecule has 0 aliphatic carbocycles. The predicted molar refractivity (Wildman–Crippen MR) is 222 cm³/mol. The van der Waals surface area contributed by atoms with Gasteiger partial charge < -0.3 is 58.2 Å². The van der Waals surface area contributed by atoms with E-state index < -0.39 is 115 Å². The van der Waals surface area contributed by atoms with Crippen LogP contribution in [0.15, 0.2) is 23.8 Å². The number of aliphatic hydroxyl groups excluding tert-OH is 2. The molecule has 0 amide bonds. The third kappa shape index (κ3) is 14.7. The summed E-state index contributed by atoms with van der Waals surface area (Å²) in [6, 6.07) is -0.781. The van der Waals surface area contributed by atoms with Crippen molar-refractivity contribution in [3.05, 3.63) is 23.8 Å². The number of cyclic esters (lactones) is 1. The van der Waals surface area contributed by atoms with Gasteiger partial charge in [0.05, 0.1) is 37.4 Å². The van der Waals surface area contributed by atoms with E-state index in [4.69, 9.17) is 33.2 Å². The summed E-state index contributed by atoms with van der Waals surface area (Å²) < 4.78 is 43.0. The summed E-state index contributed by atoms with van der Waals surface area (Å²) in [6.45, 7) is 16.7. The zero-order valence-electron chi connectivity index (χ0n) is 38.2. The van der Waals surface area contributed by atoms with Crippen LogP contribution < -0.4 is 0 Å². The van der Waals surface area contributed by atoms with E-state index in [2.05, 4.69) is 0 Å². The molecular weight excluding hydrogens is 794 g/mol. The number of allylic oxidation sites excluding steroid dienone is 3. The zero-order valence-corrected chi connectivity index (χ0v) is 38.2. The summed E-state index contributed by atoms with van der Waals surface area (Å²) in [6.07, 6.45) is -4.13. The van der Waals surface area contributed by atoms with Gasteiger partial charge in [-0.05, 0) is 72.5 Å². The quantitative estimate of drug-likeness (QED) is 0.136. The molecule has 1 unspecified atom stereocenters. The Morgan fingerprint density at radius 2 is 1.70 bits per heavy atom. The average molecular weight is 868 g/mol. The molecule has 3 aliphatic heterocycles. The molecule has 2 fully saturated rings. The van der Waals surface area contributed by atoms with Gasteiger partial charge in [0, 0.05) is 43.9 Å². The lowest BCUT2D eigenvalue weighted by atomic mass is 9.79. The van der Waals surface area contributed by atoms with Crippen LogP contribution in [0.3, 0.4) is 0 Å². The Hall–Kier alpha value is -3.09. The highest BCUT2D eigenvalue weighted by Gasteiger charge is 2.52. The van der Waals surface area contributed by atoms with E-state index in [9.17, 15) is 39.3 Å². The molecule has 3 rings (SSSR count). The van der Waals surface area contributed by atoms with Crippen LogP contribution in [-0.4, -0.2) is 144 Å². The van der Waals surface area contributed by atoms with Crippen LogP contribution in [0.1, 0.15) is 108 Å². The zero-order chi connectivity index (χ0) is 45.9. The number of aliphatic hydroxyl groups is 3. The highest BCUT2D eigenvalue weighted by Crippen LogP contribution is 2.38. The molecule has 3 N–H and O–H groups in total. The number of likely N-dealkylation sites (N-methyl/N-ethyl adjacent to an activating group) is 1. The SMILES string of the molecule is CC[C@H]1OC(=O)C[C@@H](OC(C)=O)[C@H](C)[C@@H](O[C@@H]2O[C@H](C)[C@@H](O[C@H]3C[C@@](C)(O)[C@@H](OC(=O)CC(C)C)[C@H](C)O3)[C@H](N(C)C)[C@H]2O)C(CC=O)C[C@@H](C)C(=O)/C=C/C(C)=C/[C@@H]1CO. The monoisotopic (exact) mass is 867 g/mol. The molecule has 61 heavy (non-hydrogen) atoms. The van der Waals surface area contributed by atoms with Crippen molar-refractivity contribution in [1.82, 2.24) is 4.90 Å². The van der Waals surface area contributed by atoms with Gasteiger partial charge in [0.25, 0.3) is 0 Å². The maximum atomic E-state index is 13.6. The van der Waals surface area contributed by atoms with Crippen LogP contribution in [-0.2, 0) is 57.1 Å². The van der Waals surface area contributed by atoms with E-state index in [0.717, 1.165) is 0 Å². The number of ether oxygens (including phenoxy) is 7. The molecule has 0 aromatic heterocycles. The van der Waals surface area contributed by atoms with Crippen molar-refractivity contribution in [1.29, 1.82) is 0 Å². The van der Waals surface area contributed by atoms with Crippen LogP contribution in [0, 0.1) is 29.6 Å². The maximum Gasteiger partial charge on any atom is 0.309 e. The maximum absolute atomic E-state index is 13.6. The van der Waals surface area contributed by atoms with Gasteiger partial charge in [-0.25, -0.2) is 0 Å². The minimum atomic E-state index is -1.51. The van der Waals surface area contributed by atoms with Gasteiger partial charge in [-0.1, -0.05) is 52.3 Å². The first-order valence-electron chi connectivity index (χ1n) is 21.7. The lowest BCUT2D eigenvalue weighted by Gasteiger charge is -2.50. The van der Waals surface area contributed by atoms with E-state index >= 15 is 0 Å². The van der Waals surface area contributed by atoms with E-state index in [-0.39, 0.29) is 50.4 Å². The Balaban J connectivity index is 1.99. The van der Waals surface area contributed by atoms with Gasteiger partial charge in [-0.2, -0.15) is 0 Å². The third-order valence-electron chi connectivity index (χ3n) is 11.9. The van der Waals surface area contributed by atoms with Crippen LogP contribution in [0.25, 0.3) is 0 Å². The standard InChI is InChI=1S/C45H73NO15/c1-13-34-32(23-48)19-25(4)14-15-33(50)26(5)20-31(16-17-47)41(27(6)35(57-30(9)49)21-37(52)58-34)61-44-40(53)39(46(11)12)42(28(7)56-44)60-38-22-45(10,54)43(29(8)55-38)59-36(51)18-24(2)3/h14-15,17,19,24,26-29,31-32,34-35,38-44,48,53-54H,13,16,18,20-23H2,1-12H3/b15-14+,25-19+/t26-,27+,28-,29+,31?,32-,34-,35-,38+,39-,40-,41-,42-,43+,44+,45-/m1/s1. The number of carbonyl (C=O) groups is 5. The van der Waals surface area contributed by atoms with Crippen molar-refractivity contribution in [2.45, 2.75) is 181 Å². The Bertz CT molecular complexity index is 1530. The summed E-state index contributed by atoms with van der Waals surface area (Å²) >= 11 is 0. The Labute approximate surface area is 361 Å². The Morgan fingerprint density at radius 1 is 1.03 bits per heavy atom. The summed E-state index contributed by atoms with van der Waals surface area (Å²) in [5.41, 5.74) is -0.831. The minimum Gasteiger partial charge on any atom is -0.462 e. The Kier molecular flexibility index (Phi) is 20.2. The fourth-order valence-corrected chi connectivity index (χ4v) is 8.77. The fourth-order valence-electron chi connectivity index (χ4n) is 8.77. The molecule has 16 nitrogen and oxygen atoms in total. The smallest absolute Gasteiger partial charge is 0.309 e. The molecule has 16 heteroatoms. The first-order chi connectivity index (χ1) is 28.5. The molecule has 348 valence electrons. The molecule has 0 bridgehead atoms. The van der Waals surface area contributed by atoms with E-state index in [0.29, 0.717) is 18.3 Å². The highest BCUT2D eigenvalue weighted by molar-refractivity contribution is 5.91. The normalized spacial score (nSPS) is 39.8. The number of ketones is 1. The largest absolute Gasteiger partial charge is 0.462 e. The molecule has 16 atom stereocenters. The number of hydrogen-bond donors (Lipinski definition) is 3. The van der Waals surface area contributed by atoms with Crippen LogP contribution in [0.4, 0.5) is 0 Å². The topological polar surface area (TPSA) is 214 Å². The van der Waals surface area contributed by atoms with Gasteiger partial charge in [0.15, 0.2) is 24.5 Å². The van der Waals surface area contributed by atoms with Crippen LogP contribution in [0.5, 0.6) is 0 Å². The third-order valence-corrected chi connectivity index (χ3v) is 11.9. The molecule has 0 spiro atoms. The van der Waals surface area contributed by atoms with Crippen molar-refractivity contribution >= 4 is 30.0 Å². The van der Waals surface area contributed by atoms with Gasteiger partial charge >= 0.3 is 17.9 Å². The van der Waals surface area contributed by atoms with Crippen molar-refractivity contribution in [2.24, 2.45) is 29.6 Å². The van der Waals surface area contributed by atoms with E-state index in [1.165, 1.54) is 13.0 Å². The summed E-state index contributed by atoms with van der Waals surface area (Å²) in [5, 5.41) is 33.8. The molecule has 3 aliphatic rings. The second kappa shape index (κ2) is 23.6. The van der Waals surface area contributed by atoms with E-state index in [1.807, 2.05) is 20.8 Å². The average Bonchev–Trinajstić information content (AvgIpc) is 3.15.